The maximum Gasteiger partial charge on any atom is 0.225 e. The van der Waals surface area contributed by atoms with E-state index in [9.17, 15) is 9.59 Å². The molecule has 0 aromatic carbocycles. The third kappa shape index (κ3) is 4.92. The van der Waals surface area contributed by atoms with E-state index in [2.05, 4.69) is 5.32 Å². The van der Waals surface area contributed by atoms with Gasteiger partial charge in [0.2, 0.25) is 5.91 Å². The standard InChI is InChI=1S/C17H31NO2/c1-16(2,3)14(19)13-9-7-8-12(10-13)11-18-15(20)17(4,5)6/h12-13H,7-11H2,1-6H3,(H,18,20). The average Bonchev–Trinajstić information content (AvgIpc) is 2.33. The molecule has 1 aliphatic rings. The zero-order chi connectivity index (χ0) is 15.6. The summed E-state index contributed by atoms with van der Waals surface area (Å²) in [5.41, 5.74) is -0.587. The maximum atomic E-state index is 12.4. The number of carbonyl (C=O) groups is 2. The van der Waals surface area contributed by atoms with Gasteiger partial charge in [-0.3, -0.25) is 9.59 Å². The second-order valence-corrected chi connectivity index (χ2v) is 8.30. The highest BCUT2D eigenvalue weighted by atomic mass is 16.2. The fourth-order valence-corrected chi connectivity index (χ4v) is 2.83. The van der Waals surface area contributed by atoms with Gasteiger partial charge in [-0.15, -0.1) is 0 Å². The van der Waals surface area contributed by atoms with Gasteiger partial charge in [-0.1, -0.05) is 48.0 Å². The monoisotopic (exact) mass is 281 g/mol. The van der Waals surface area contributed by atoms with Crippen molar-refractivity contribution in [1.82, 2.24) is 5.32 Å². The molecule has 0 heterocycles. The van der Waals surface area contributed by atoms with Gasteiger partial charge in [0.25, 0.3) is 0 Å². The van der Waals surface area contributed by atoms with Crippen LogP contribution in [0.1, 0.15) is 67.2 Å². The Balaban J connectivity index is 2.50. The van der Waals surface area contributed by atoms with E-state index in [1.165, 1.54) is 0 Å². The van der Waals surface area contributed by atoms with Crippen LogP contribution in [-0.2, 0) is 9.59 Å². The van der Waals surface area contributed by atoms with E-state index < -0.39 is 0 Å². The number of amides is 1. The van der Waals surface area contributed by atoms with Gasteiger partial charge in [-0.2, -0.15) is 0 Å². The van der Waals surface area contributed by atoms with Crippen LogP contribution in [0.3, 0.4) is 0 Å². The van der Waals surface area contributed by atoms with E-state index in [1.54, 1.807) is 0 Å². The SMILES string of the molecule is CC(C)(C)C(=O)NCC1CCCC(C(=O)C(C)(C)C)C1. The van der Waals surface area contributed by atoms with Gasteiger partial charge in [0, 0.05) is 23.3 Å². The number of rotatable bonds is 3. The highest BCUT2D eigenvalue weighted by Crippen LogP contribution is 2.34. The Morgan fingerprint density at radius 2 is 1.60 bits per heavy atom. The number of carbonyl (C=O) groups excluding carboxylic acids is 2. The normalized spacial score (nSPS) is 24.3. The first kappa shape index (κ1) is 17.2. The van der Waals surface area contributed by atoms with Gasteiger partial charge in [0.05, 0.1) is 0 Å². The minimum atomic E-state index is -0.338. The van der Waals surface area contributed by atoms with Crippen molar-refractivity contribution in [2.24, 2.45) is 22.7 Å². The summed E-state index contributed by atoms with van der Waals surface area (Å²) in [6.45, 7) is 12.5. The summed E-state index contributed by atoms with van der Waals surface area (Å²) in [4.78, 5) is 24.3. The van der Waals surface area contributed by atoms with Gasteiger partial charge in [-0.25, -0.2) is 0 Å². The molecule has 1 rings (SSSR count). The molecule has 0 aliphatic heterocycles. The molecule has 2 atom stereocenters. The summed E-state index contributed by atoms with van der Waals surface area (Å²) >= 11 is 0. The summed E-state index contributed by atoms with van der Waals surface area (Å²) in [6.07, 6.45) is 4.17. The van der Waals surface area contributed by atoms with Crippen molar-refractivity contribution < 1.29 is 9.59 Å². The molecule has 3 heteroatoms. The van der Waals surface area contributed by atoms with Crippen LogP contribution in [0.15, 0.2) is 0 Å². The summed E-state index contributed by atoms with van der Waals surface area (Å²) in [6, 6.07) is 0. The average molecular weight is 281 g/mol. The first-order valence-electron chi connectivity index (χ1n) is 7.84. The smallest absolute Gasteiger partial charge is 0.225 e. The van der Waals surface area contributed by atoms with Crippen molar-refractivity contribution in [3.05, 3.63) is 0 Å². The number of hydrogen-bond donors (Lipinski definition) is 1. The Morgan fingerprint density at radius 3 is 2.10 bits per heavy atom. The largest absolute Gasteiger partial charge is 0.355 e. The van der Waals surface area contributed by atoms with Gasteiger partial charge in [0.15, 0.2) is 0 Å². The van der Waals surface area contributed by atoms with Crippen molar-refractivity contribution in [2.75, 3.05) is 6.54 Å². The molecule has 3 nitrogen and oxygen atoms in total. The second-order valence-electron chi connectivity index (χ2n) is 8.30. The van der Waals surface area contributed by atoms with Crippen molar-refractivity contribution in [2.45, 2.75) is 67.2 Å². The first-order chi connectivity index (χ1) is 9.01. The molecule has 0 saturated heterocycles. The maximum absolute atomic E-state index is 12.4. The van der Waals surface area contributed by atoms with E-state index in [0.717, 1.165) is 25.7 Å². The third-order valence-electron chi connectivity index (χ3n) is 4.13. The molecular weight excluding hydrogens is 250 g/mol. The predicted molar refractivity (Wildman–Crippen MR) is 82.4 cm³/mol. The van der Waals surface area contributed by atoms with Crippen molar-refractivity contribution in [3.8, 4) is 0 Å². The minimum absolute atomic E-state index is 0.0989. The Labute approximate surface area is 123 Å². The van der Waals surface area contributed by atoms with Crippen LogP contribution in [0.4, 0.5) is 0 Å². The molecule has 1 aliphatic carbocycles. The molecule has 1 amide bonds. The molecule has 0 aromatic heterocycles. The van der Waals surface area contributed by atoms with Crippen LogP contribution in [0.2, 0.25) is 0 Å². The number of hydrogen-bond acceptors (Lipinski definition) is 2. The minimum Gasteiger partial charge on any atom is -0.355 e. The summed E-state index contributed by atoms with van der Waals surface area (Å²) in [5, 5.41) is 3.04. The lowest BCUT2D eigenvalue weighted by Gasteiger charge is -2.32. The van der Waals surface area contributed by atoms with Crippen LogP contribution in [-0.4, -0.2) is 18.2 Å². The summed E-state index contributed by atoms with van der Waals surface area (Å²) in [5.74, 6) is 1.11. The van der Waals surface area contributed by atoms with E-state index in [1.807, 2.05) is 41.5 Å². The molecule has 2 unspecified atom stereocenters. The number of Topliss-reactive ketones (excluding diaryl/α,β-unsaturated/α-hetero) is 1. The first-order valence-corrected chi connectivity index (χ1v) is 7.84. The Hall–Kier alpha value is -0.860. The summed E-state index contributed by atoms with van der Waals surface area (Å²) < 4.78 is 0. The topological polar surface area (TPSA) is 46.2 Å². The molecule has 20 heavy (non-hydrogen) atoms. The van der Waals surface area contributed by atoms with E-state index in [0.29, 0.717) is 18.2 Å². The van der Waals surface area contributed by atoms with Crippen molar-refractivity contribution in [3.63, 3.8) is 0 Å². The Bertz CT molecular complexity index is 360. The molecule has 0 spiro atoms. The second kappa shape index (κ2) is 6.28. The van der Waals surface area contributed by atoms with Crippen LogP contribution in [0.5, 0.6) is 0 Å². The van der Waals surface area contributed by atoms with Gasteiger partial charge >= 0.3 is 0 Å². The molecule has 0 aromatic rings. The lowest BCUT2D eigenvalue weighted by Crippen LogP contribution is -2.40. The van der Waals surface area contributed by atoms with Gasteiger partial charge in [-0.05, 0) is 25.2 Å². The number of ketones is 1. The molecular formula is C17H31NO2. The predicted octanol–water partition coefficient (Wildman–Crippen LogP) is 3.57. The van der Waals surface area contributed by atoms with Crippen molar-refractivity contribution >= 4 is 11.7 Å². The summed E-state index contributed by atoms with van der Waals surface area (Å²) in [7, 11) is 0. The van der Waals surface area contributed by atoms with Crippen LogP contribution >= 0.6 is 0 Å². The van der Waals surface area contributed by atoms with Gasteiger partial charge in [0.1, 0.15) is 5.78 Å². The molecule has 1 N–H and O–H groups in total. The molecule has 116 valence electrons. The molecule has 1 saturated carbocycles. The van der Waals surface area contributed by atoms with Gasteiger partial charge < -0.3 is 5.32 Å². The fourth-order valence-electron chi connectivity index (χ4n) is 2.83. The highest BCUT2D eigenvalue weighted by Gasteiger charge is 2.33. The van der Waals surface area contributed by atoms with E-state index >= 15 is 0 Å². The quantitative estimate of drug-likeness (QED) is 0.859. The van der Waals surface area contributed by atoms with E-state index in [-0.39, 0.29) is 22.7 Å². The zero-order valence-corrected chi connectivity index (χ0v) is 14.0. The van der Waals surface area contributed by atoms with E-state index in [4.69, 9.17) is 0 Å². The third-order valence-corrected chi connectivity index (χ3v) is 4.13. The molecule has 0 bridgehead atoms. The Morgan fingerprint density at radius 1 is 1.00 bits per heavy atom. The Kier molecular flexibility index (Phi) is 5.39. The molecule has 1 fully saturated rings. The zero-order valence-electron chi connectivity index (χ0n) is 14.0. The fraction of sp³-hybridized carbons (Fsp3) is 0.882. The molecule has 0 radical (unpaired) electrons. The van der Waals surface area contributed by atoms with Crippen LogP contribution < -0.4 is 5.32 Å². The van der Waals surface area contributed by atoms with Crippen LogP contribution in [0.25, 0.3) is 0 Å². The van der Waals surface area contributed by atoms with Crippen LogP contribution in [0, 0.1) is 22.7 Å². The number of nitrogens with one attached hydrogen (secondary N) is 1. The highest BCUT2D eigenvalue weighted by molar-refractivity contribution is 5.86. The van der Waals surface area contributed by atoms with Crippen molar-refractivity contribution in [1.29, 1.82) is 0 Å². The lowest BCUT2D eigenvalue weighted by molar-refractivity contribution is -0.132. The lowest BCUT2D eigenvalue weighted by atomic mass is 9.73.